The minimum atomic E-state index is 0.716. The summed E-state index contributed by atoms with van der Waals surface area (Å²) in [7, 11) is 0. The number of allylic oxidation sites excluding steroid dienone is 4. The highest BCUT2D eigenvalue weighted by Gasteiger charge is 2.11. The summed E-state index contributed by atoms with van der Waals surface area (Å²) in [5.41, 5.74) is 7.55. The van der Waals surface area contributed by atoms with Crippen molar-refractivity contribution < 1.29 is 0 Å². The maximum Gasteiger partial charge on any atom is 0.126 e. The van der Waals surface area contributed by atoms with Crippen LogP contribution in [0.3, 0.4) is 0 Å². The van der Waals surface area contributed by atoms with Gasteiger partial charge in [0.1, 0.15) is 5.00 Å². The van der Waals surface area contributed by atoms with Gasteiger partial charge in [0.15, 0.2) is 0 Å². The number of hydrogen-bond acceptors (Lipinski definition) is 3. The van der Waals surface area contributed by atoms with Gasteiger partial charge >= 0.3 is 0 Å². The minimum absolute atomic E-state index is 0.716. The van der Waals surface area contributed by atoms with Crippen LogP contribution in [0.15, 0.2) is 35.9 Å². The minimum Gasteiger partial charge on any atom is -0.390 e. The van der Waals surface area contributed by atoms with Gasteiger partial charge in [-0.1, -0.05) is 24.8 Å². The van der Waals surface area contributed by atoms with Crippen LogP contribution < -0.4 is 5.73 Å². The lowest BCUT2D eigenvalue weighted by Crippen LogP contribution is -1.86. The molecule has 0 atom stereocenters. The second kappa shape index (κ2) is 5.38. The molecular formula is C13H14N2S2. The molecule has 0 fully saturated rings. The summed E-state index contributed by atoms with van der Waals surface area (Å²) in [6.07, 6.45) is 10.1. The van der Waals surface area contributed by atoms with Gasteiger partial charge in [0.2, 0.25) is 0 Å². The Bertz CT molecular complexity index is 522. The second-order valence-corrected chi connectivity index (χ2v) is 5.26. The molecule has 0 unspecified atom stereocenters. The average molecular weight is 262 g/mol. The Labute approximate surface area is 111 Å². The number of thiol groups is 1. The van der Waals surface area contributed by atoms with Crippen molar-refractivity contribution in [3.05, 3.63) is 41.3 Å². The average Bonchev–Trinajstić information content (AvgIpc) is 2.75. The smallest absolute Gasteiger partial charge is 0.126 e. The van der Waals surface area contributed by atoms with Crippen molar-refractivity contribution in [3.63, 3.8) is 0 Å². The van der Waals surface area contributed by atoms with Gasteiger partial charge in [-0.05, 0) is 24.5 Å². The van der Waals surface area contributed by atoms with E-state index in [2.05, 4.69) is 48.5 Å². The summed E-state index contributed by atoms with van der Waals surface area (Å²) in [4.78, 5) is 6.06. The molecule has 0 amide bonds. The summed E-state index contributed by atoms with van der Waals surface area (Å²) in [6.45, 7) is 3.85. The first-order valence-electron chi connectivity index (χ1n) is 5.36. The van der Waals surface area contributed by atoms with E-state index in [1.54, 1.807) is 11.3 Å². The van der Waals surface area contributed by atoms with E-state index in [9.17, 15) is 0 Å². The highest BCUT2D eigenvalue weighted by molar-refractivity contribution is 7.90. The van der Waals surface area contributed by atoms with Crippen molar-refractivity contribution in [2.75, 3.05) is 0 Å². The Kier molecular flexibility index (Phi) is 3.86. The summed E-state index contributed by atoms with van der Waals surface area (Å²) in [5, 5.41) is 0.863. The first kappa shape index (κ1) is 12.2. The fourth-order valence-corrected chi connectivity index (χ4v) is 3.00. The summed E-state index contributed by atoms with van der Waals surface area (Å²) < 4.78 is 0. The van der Waals surface area contributed by atoms with Gasteiger partial charge < -0.3 is 5.73 Å². The number of nitrogens with zero attached hydrogens (tertiary/aromatic N) is 1. The molecule has 1 heterocycles. The van der Waals surface area contributed by atoms with E-state index < -0.39 is 0 Å². The van der Waals surface area contributed by atoms with Crippen LogP contribution >= 0.6 is 24.0 Å². The highest BCUT2D eigenvalue weighted by atomic mass is 32.1. The molecule has 0 saturated carbocycles. The van der Waals surface area contributed by atoms with Crippen molar-refractivity contribution in [2.24, 2.45) is 10.7 Å². The van der Waals surface area contributed by atoms with E-state index >= 15 is 0 Å². The zero-order valence-electron chi connectivity index (χ0n) is 9.39. The van der Waals surface area contributed by atoms with Gasteiger partial charge in [-0.15, -0.1) is 24.0 Å². The lowest BCUT2D eigenvalue weighted by atomic mass is 10.1. The third-order valence-electron chi connectivity index (χ3n) is 2.49. The fourth-order valence-electron chi connectivity index (χ4n) is 1.69. The van der Waals surface area contributed by atoms with Gasteiger partial charge in [-0.25, -0.2) is 4.99 Å². The van der Waals surface area contributed by atoms with E-state index in [4.69, 9.17) is 5.73 Å². The van der Waals surface area contributed by atoms with Gasteiger partial charge in [0.05, 0.1) is 6.34 Å². The van der Waals surface area contributed by atoms with Gasteiger partial charge in [0.25, 0.3) is 0 Å². The van der Waals surface area contributed by atoms with Crippen molar-refractivity contribution >= 4 is 45.8 Å². The molecule has 2 nitrogen and oxygen atoms in total. The first-order valence-corrected chi connectivity index (χ1v) is 6.62. The molecule has 1 aromatic rings. The van der Waals surface area contributed by atoms with E-state index in [-0.39, 0.29) is 0 Å². The van der Waals surface area contributed by atoms with Crippen molar-refractivity contribution in [2.45, 2.75) is 12.8 Å². The maximum atomic E-state index is 5.35. The molecule has 0 aliphatic heterocycles. The van der Waals surface area contributed by atoms with E-state index in [1.807, 2.05) is 0 Å². The van der Waals surface area contributed by atoms with Crippen LogP contribution in [-0.2, 0) is 0 Å². The van der Waals surface area contributed by atoms with E-state index in [0.717, 1.165) is 23.4 Å². The third-order valence-corrected chi connectivity index (χ3v) is 3.83. The standard InChI is InChI=1S/C13H14N2S2/c1-9(16)11-7-12(17-13(11)15-8-14)10-5-3-2-4-6-10/h3,5-8,16H,1-2,4H2,(H2,14,15). The Morgan fingerprint density at radius 1 is 1.53 bits per heavy atom. The molecule has 0 aromatic carbocycles. The number of hydrogen-bond donors (Lipinski definition) is 2. The molecule has 17 heavy (non-hydrogen) atoms. The molecule has 4 heteroatoms. The molecule has 0 radical (unpaired) electrons. The number of rotatable bonds is 3. The molecule has 0 spiro atoms. The monoisotopic (exact) mass is 262 g/mol. The topological polar surface area (TPSA) is 38.4 Å². The zero-order valence-corrected chi connectivity index (χ0v) is 11.1. The highest BCUT2D eigenvalue weighted by Crippen LogP contribution is 2.40. The molecule has 0 bridgehead atoms. The quantitative estimate of drug-likeness (QED) is 0.482. The predicted octanol–water partition coefficient (Wildman–Crippen LogP) is 4.00. The van der Waals surface area contributed by atoms with Crippen LogP contribution in [0.25, 0.3) is 10.5 Å². The maximum absolute atomic E-state index is 5.35. The lowest BCUT2D eigenvalue weighted by molar-refractivity contribution is 1.04. The molecular weight excluding hydrogens is 248 g/mol. The normalized spacial score (nSPS) is 15.2. The van der Waals surface area contributed by atoms with Crippen LogP contribution in [0.1, 0.15) is 23.3 Å². The Balaban J connectivity index is 2.43. The Morgan fingerprint density at radius 3 is 2.94 bits per heavy atom. The SMILES string of the molecule is C=C(S)c1cc(C2=CCCC=C2)sc1/N=C\N. The van der Waals surface area contributed by atoms with Crippen LogP contribution in [0.5, 0.6) is 0 Å². The van der Waals surface area contributed by atoms with Gasteiger partial charge in [-0.2, -0.15) is 0 Å². The van der Waals surface area contributed by atoms with Gasteiger partial charge in [0, 0.05) is 15.3 Å². The number of nitrogens with two attached hydrogens (primary N) is 1. The van der Waals surface area contributed by atoms with Crippen molar-refractivity contribution in [1.29, 1.82) is 0 Å². The summed E-state index contributed by atoms with van der Waals surface area (Å²) in [5.74, 6) is 0. The molecule has 1 aliphatic rings. The van der Waals surface area contributed by atoms with Crippen LogP contribution in [0, 0.1) is 0 Å². The molecule has 1 aliphatic carbocycles. The van der Waals surface area contributed by atoms with Crippen LogP contribution in [0.2, 0.25) is 0 Å². The predicted molar refractivity (Wildman–Crippen MR) is 81.0 cm³/mol. The molecule has 1 aromatic heterocycles. The summed E-state index contributed by atoms with van der Waals surface area (Å²) >= 11 is 5.90. The number of thiophene rings is 1. The summed E-state index contributed by atoms with van der Waals surface area (Å²) in [6, 6.07) is 2.07. The molecule has 2 rings (SSSR count). The third kappa shape index (κ3) is 2.70. The second-order valence-electron chi connectivity index (χ2n) is 3.69. The van der Waals surface area contributed by atoms with Gasteiger partial charge in [-0.3, -0.25) is 0 Å². The fraction of sp³-hybridized carbons (Fsp3) is 0.154. The van der Waals surface area contributed by atoms with Crippen molar-refractivity contribution in [3.8, 4) is 0 Å². The van der Waals surface area contributed by atoms with E-state index in [0.29, 0.717) is 4.91 Å². The molecule has 2 N–H and O–H groups in total. The van der Waals surface area contributed by atoms with Crippen molar-refractivity contribution in [1.82, 2.24) is 0 Å². The zero-order chi connectivity index (χ0) is 12.3. The van der Waals surface area contributed by atoms with E-state index in [1.165, 1.54) is 16.8 Å². The first-order chi connectivity index (χ1) is 8.22. The molecule has 88 valence electrons. The van der Waals surface area contributed by atoms with Crippen LogP contribution in [0.4, 0.5) is 5.00 Å². The van der Waals surface area contributed by atoms with Crippen LogP contribution in [-0.4, -0.2) is 6.34 Å². The Morgan fingerprint density at radius 2 is 2.35 bits per heavy atom. The largest absolute Gasteiger partial charge is 0.390 e. The number of aliphatic imine (C=N–C) groups is 1. The Hall–Kier alpha value is -1.26. The molecule has 0 saturated heterocycles. The lowest BCUT2D eigenvalue weighted by Gasteiger charge is -2.03.